The summed E-state index contributed by atoms with van der Waals surface area (Å²) in [5, 5.41) is 2.86. The number of fused-ring (bicyclic) bond motifs is 1. The highest BCUT2D eigenvalue weighted by atomic mass is 32.1. The minimum atomic E-state index is -1.44. The van der Waals surface area contributed by atoms with Crippen LogP contribution in [-0.4, -0.2) is 66.2 Å². The van der Waals surface area contributed by atoms with E-state index in [1.165, 1.54) is 36.5 Å². The third-order valence-corrected chi connectivity index (χ3v) is 6.89. The molecule has 0 bridgehead atoms. The zero-order chi connectivity index (χ0) is 30.7. The summed E-state index contributed by atoms with van der Waals surface area (Å²) in [5.74, 6) is -2.43. The van der Waals surface area contributed by atoms with E-state index in [0.29, 0.717) is 17.0 Å². The van der Waals surface area contributed by atoms with Crippen molar-refractivity contribution in [1.29, 1.82) is 0 Å². The van der Waals surface area contributed by atoms with Crippen molar-refractivity contribution in [2.75, 3.05) is 6.61 Å². The summed E-state index contributed by atoms with van der Waals surface area (Å²) < 4.78 is 39.2. The third kappa shape index (κ3) is 6.94. The van der Waals surface area contributed by atoms with Crippen molar-refractivity contribution in [3.05, 3.63) is 44.6 Å². The Hall–Kier alpha value is -4.30. The zero-order valence-electron chi connectivity index (χ0n) is 23.7. The maximum Gasteiger partial charge on any atom is 0.303 e. The van der Waals surface area contributed by atoms with Gasteiger partial charge in [-0.05, 0) is 26.0 Å². The standard InChI is InChI=1S/C28H29NO12S/c1-12-23(20-11-42-13(2)29-20)24(34)19-8-7-18(9-21(19)36-12)40-28-27(39-17(6)33)26(38-16(5)32)25(37-15(4)31)22(41-28)10-35-14(3)30/h7-9,11,22,25-28H,10H2,1-6H3/t22-,25+,26+,27+,28-/m0/s1. The molecule has 1 aliphatic rings. The highest BCUT2D eigenvalue weighted by Crippen LogP contribution is 2.32. The lowest BCUT2D eigenvalue weighted by atomic mass is 9.98. The number of aryl methyl sites for hydroxylation is 2. The molecule has 42 heavy (non-hydrogen) atoms. The van der Waals surface area contributed by atoms with Crippen LogP contribution in [0, 0.1) is 13.8 Å². The Morgan fingerprint density at radius 1 is 0.905 bits per heavy atom. The Kier molecular flexibility index (Phi) is 9.27. The van der Waals surface area contributed by atoms with Gasteiger partial charge in [-0.25, -0.2) is 4.98 Å². The molecule has 0 amide bonds. The zero-order valence-corrected chi connectivity index (χ0v) is 24.5. The second-order valence-electron chi connectivity index (χ2n) is 9.46. The highest BCUT2D eigenvalue weighted by Gasteiger charge is 2.53. The fourth-order valence-corrected chi connectivity index (χ4v) is 5.15. The molecule has 5 atom stereocenters. The van der Waals surface area contributed by atoms with Crippen LogP contribution < -0.4 is 10.2 Å². The van der Waals surface area contributed by atoms with E-state index in [0.717, 1.165) is 25.8 Å². The Bertz CT molecular complexity index is 1580. The van der Waals surface area contributed by atoms with E-state index >= 15 is 0 Å². The minimum absolute atomic E-state index is 0.142. The Balaban J connectivity index is 1.73. The number of carbonyl (C=O) groups is 4. The van der Waals surface area contributed by atoms with Gasteiger partial charge < -0.3 is 32.8 Å². The van der Waals surface area contributed by atoms with E-state index in [9.17, 15) is 24.0 Å². The summed E-state index contributed by atoms with van der Waals surface area (Å²) in [4.78, 5) is 65.3. The van der Waals surface area contributed by atoms with Crippen LogP contribution in [0.1, 0.15) is 38.5 Å². The Morgan fingerprint density at radius 2 is 1.55 bits per heavy atom. The van der Waals surface area contributed by atoms with E-state index in [-0.39, 0.29) is 22.1 Å². The van der Waals surface area contributed by atoms with Crippen LogP contribution in [0.4, 0.5) is 0 Å². The fourth-order valence-electron chi connectivity index (χ4n) is 4.55. The predicted octanol–water partition coefficient (Wildman–Crippen LogP) is 3.00. The van der Waals surface area contributed by atoms with Crippen LogP contribution >= 0.6 is 11.3 Å². The summed E-state index contributed by atoms with van der Waals surface area (Å²) in [6, 6.07) is 4.44. The molecule has 1 fully saturated rings. The van der Waals surface area contributed by atoms with Crippen LogP contribution in [0.5, 0.6) is 5.75 Å². The lowest BCUT2D eigenvalue weighted by molar-refractivity contribution is -0.288. The smallest absolute Gasteiger partial charge is 0.303 e. The number of hydrogen-bond donors (Lipinski definition) is 0. The van der Waals surface area contributed by atoms with E-state index in [1.54, 1.807) is 12.3 Å². The van der Waals surface area contributed by atoms with Gasteiger partial charge >= 0.3 is 23.9 Å². The SMILES string of the molecule is CC(=O)OC[C@@H]1O[C@H](Oc2ccc3c(=O)c(-c4csc(C)n4)c(C)oc3c2)[C@H](OC(C)=O)[C@H](OC(C)=O)[C@@H]1OC(C)=O. The number of aromatic nitrogens is 1. The van der Waals surface area contributed by atoms with Gasteiger partial charge in [0.05, 0.1) is 21.7 Å². The van der Waals surface area contributed by atoms with Crippen LogP contribution in [0.15, 0.2) is 32.8 Å². The van der Waals surface area contributed by atoms with Crippen LogP contribution in [0.25, 0.3) is 22.2 Å². The lowest BCUT2D eigenvalue weighted by Crippen LogP contribution is -2.63. The van der Waals surface area contributed by atoms with Crippen molar-refractivity contribution in [3.63, 3.8) is 0 Å². The molecule has 4 rings (SSSR count). The van der Waals surface area contributed by atoms with Gasteiger partial charge in [0.2, 0.25) is 17.8 Å². The highest BCUT2D eigenvalue weighted by molar-refractivity contribution is 7.09. The van der Waals surface area contributed by atoms with Gasteiger partial charge in [0.1, 0.15) is 29.8 Å². The van der Waals surface area contributed by atoms with Gasteiger partial charge in [-0.1, -0.05) is 0 Å². The van der Waals surface area contributed by atoms with E-state index < -0.39 is 61.2 Å². The van der Waals surface area contributed by atoms with Crippen LogP contribution in [-0.2, 0) is 42.9 Å². The van der Waals surface area contributed by atoms with Crippen LogP contribution in [0.3, 0.4) is 0 Å². The van der Waals surface area contributed by atoms with Crippen molar-refractivity contribution in [1.82, 2.24) is 4.98 Å². The molecule has 3 aromatic rings. The molecule has 1 aliphatic heterocycles. The average molecular weight is 604 g/mol. The number of esters is 4. The summed E-state index contributed by atoms with van der Waals surface area (Å²) in [6.45, 7) is 7.64. The van der Waals surface area contributed by atoms with Crippen molar-refractivity contribution in [3.8, 4) is 17.0 Å². The summed E-state index contributed by atoms with van der Waals surface area (Å²) in [5.41, 5.74) is 0.790. The molecule has 0 aliphatic carbocycles. The van der Waals surface area contributed by atoms with E-state index in [4.69, 9.17) is 32.8 Å². The Morgan fingerprint density at radius 3 is 2.14 bits per heavy atom. The number of thiazole rings is 1. The van der Waals surface area contributed by atoms with E-state index in [1.807, 2.05) is 6.92 Å². The van der Waals surface area contributed by atoms with E-state index in [2.05, 4.69) is 4.98 Å². The van der Waals surface area contributed by atoms with Gasteiger partial charge in [0.15, 0.2) is 12.2 Å². The maximum absolute atomic E-state index is 13.3. The van der Waals surface area contributed by atoms with Crippen molar-refractivity contribution >= 4 is 46.2 Å². The molecule has 2 aromatic heterocycles. The number of rotatable bonds is 8. The van der Waals surface area contributed by atoms with Crippen molar-refractivity contribution in [2.24, 2.45) is 0 Å². The van der Waals surface area contributed by atoms with Gasteiger partial charge in [-0.15, -0.1) is 11.3 Å². The summed E-state index contributed by atoms with van der Waals surface area (Å²) in [6.07, 6.45) is -6.74. The molecular formula is C28H29NO12S. The monoisotopic (exact) mass is 603 g/mol. The minimum Gasteiger partial charge on any atom is -0.463 e. The second kappa shape index (κ2) is 12.7. The molecule has 0 unspecified atom stereocenters. The number of carbonyl (C=O) groups excluding carboxylic acids is 4. The average Bonchev–Trinajstić information content (AvgIpc) is 3.31. The number of ether oxygens (including phenoxy) is 6. The largest absolute Gasteiger partial charge is 0.463 e. The predicted molar refractivity (Wildman–Crippen MR) is 146 cm³/mol. The van der Waals surface area contributed by atoms with Gasteiger partial charge in [0.25, 0.3) is 0 Å². The molecule has 13 nitrogen and oxygen atoms in total. The normalized spacial score (nSPS) is 21.8. The summed E-state index contributed by atoms with van der Waals surface area (Å²) in [7, 11) is 0. The fraction of sp³-hybridized carbons (Fsp3) is 0.429. The maximum atomic E-state index is 13.3. The molecule has 0 N–H and O–H groups in total. The quantitative estimate of drug-likeness (QED) is 0.273. The molecule has 0 radical (unpaired) electrons. The molecular weight excluding hydrogens is 574 g/mol. The first kappa shape index (κ1) is 30.7. The first-order chi connectivity index (χ1) is 19.8. The number of nitrogens with zero attached hydrogens (tertiary/aromatic N) is 1. The third-order valence-electron chi connectivity index (χ3n) is 6.12. The first-order valence-electron chi connectivity index (χ1n) is 12.8. The molecule has 3 heterocycles. The molecule has 0 saturated carbocycles. The van der Waals surface area contributed by atoms with Crippen molar-refractivity contribution < 1.29 is 52.0 Å². The second-order valence-corrected chi connectivity index (χ2v) is 10.5. The van der Waals surface area contributed by atoms with Crippen molar-refractivity contribution in [2.45, 2.75) is 72.2 Å². The van der Waals surface area contributed by atoms with Gasteiger partial charge in [-0.2, -0.15) is 0 Å². The van der Waals surface area contributed by atoms with Gasteiger partial charge in [-0.3, -0.25) is 24.0 Å². The van der Waals surface area contributed by atoms with Gasteiger partial charge in [0, 0.05) is 39.1 Å². The lowest BCUT2D eigenvalue weighted by Gasteiger charge is -2.43. The summed E-state index contributed by atoms with van der Waals surface area (Å²) >= 11 is 1.41. The molecule has 0 spiro atoms. The molecule has 14 heteroatoms. The van der Waals surface area contributed by atoms with Crippen LogP contribution in [0.2, 0.25) is 0 Å². The molecule has 1 aromatic carbocycles. The topological polar surface area (TPSA) is 167 Å². The Labute approximate surface area is 243 Å². The molecule has 1 saturated heterocycles. The molecule has 224 valence electrons. The number of benzene rings is 1. The first-order valence-corrected chi connectivity index (χ1v) is 13.7. The number of hydrogen-bond acceptors (Lipinski definition) is 14.